The maximum absolute atomic E-state index is 10.2. The third kappa shape index (κ3) is 4.34. The zero-order valence-electron chi connectivity index (χ0n) is 11.6. The molecule has 0 saturated heterocycles. The number of hydrogen-bond donors (Lipinski definition) is 2. The van der Waals surface area contributed by atoms with Crippen molar-refractivity contribution in [3.05, 3.63) is 70.7 Å². The quantitative estimate of drug-likeness (QED) is 0.852. The van der Waals surface area contributed by atoms with E-state index in [2.05, 4.69) is 24.4 Å². The lowest BCUT2D eigenvalue weighted by Gasteiger charge is -2.18. The average Bonchev–Trinajstić information content (AvgIpc) is 2.46. The molecule has 20 heavy (non-hydrogen) atoms. The van der Waals surface area contributed by atoms with Crippen LogP contribution in [0.5, 0.6) is 0 Å². The number of rotatable bonds is 6. The molecule has 2 atom stereocenters. The van der Waals surface area contributed by atoms with Gasteiger partial charge in [0.15, 0.2) is 0 Å². The lowest BCUT2D eigenvalue weighted by Crippen LogP contribution is -2.32. The van der Waals surface area contributed by atoms with Crippen LogP contribution < -0.4 is 5.32 Å². The third-order valence-corrected chi connectivity index (χ3v) is 3.65. The Balaban J connectivity index is 1.84. The maximum Gasteiger partial charge on any atom is 0.0928 e. The van der Waals surface area contributed by atoms with Crippen LogP contribution >= 0.6 is 11.6 Å². The molecule has 2 aromatic rings. The van der Waals surface area contributed by atoms with Gasteiger partial charge in [0, 0.05) is 23.2 Å². The Hall–Kier alpha value is -1.35. The molecule has 2 nitrogen and oxygen atoms in total. The minimum Gasteiger partial charge on any atom is -0.387 e. The summed E-state index contributed by atoms with van der Waals surface area (Å²) in [5.74, 6) is 0. The van der Waals surface area contributed by atoms with Crippen LogP contribution in [0.15, 0.2) is 54.6 Å². The lowest BCUT2D eigenvalue weighted by molar-refractivity contribution is 0.170. The molecule has 0 saturated carbocycles. The van der Waals surface area contributed by atoms with E-state index in [9.17, 15) is 5.11 Å². The minimum absolute atomic E-state index is 0.300. The first-order valence-electron chi connectivity index (χ1n) is 6.86. The Kier molecular flexibility index (Phi) is 5.60. The van der Waals surface area contributed by atoms with Crippen LogP contribution in [-0.2, 0) is 6.42 Å². The van der Waals surface area contributed by atoms with Gasteiger partial charge in [0.2, 0.25) is 0 Å². The molecule has 0 aromatic heterocycles. The maximum atomic E-state index is 10.2. The van der Waals surface area contributed by atoms with E-state index in [1.807, 2.05) is 36.4 Å². The van der Waals surface area contributed by atoms with Crippen molar-refractivity contribution in [3.8, 4) is 0 Å². The van der Waals surface area contributed by atoms with Crippen LogP contribution in [0, 0.1) is 0 Å². The van der Waals surface area contributed by atoms with E-state index < -0.39 is 6.10 Å². The standard InChI is InChI=1S/C17H20ClNO/c1-13(11-14-7-3-2-4-8-14)19-12-17(20)15-9-5-6-10-16(15)18/h2-10,13,17,19-20H,11-12H2,1H3. The summed E-state index contributed by atoms with van der Waals surface area (Å²) in [4.78, 5) is 0. The van der Waals surface area contributed by atoms with Gasteiger partial charge >= 0.3 is 0 Å². The van der Waals surface area contributed by atoms with E-state index in [0.717, 1.165) is 12.0 Å². The summed E-state index contributed by atoms with van der Waals surface area (Å²) in [5, 5.41) is 14.1. The SMILES string of the molecule is CC(Cc1ccccc1)NCC(O)c1ccccc1Cl. The average molecular weight is 290 g/mol. The van der Waals surface area contributed by atoms with Gasteiger partial charge in [-0.1, -0.05) is 60.1 Å². The van der Waals surface area contributed by atoms with Gasteiger partial charge in [-0.15, -0.1) is 0 Å². The molecule has 0 fully saturated rings. The fourth-order valence-corrected chi connectivity index (χ4v) is 2.47. The van der Waals surface area contributed by atoms with Crippen molar-refractivity contribution >= 4 is 11.6 Å². The zero-order valence-corrected chi connectivity index (χ0v) is 12.3. The fourth-order valence-electron chi connectivity index (χ4n) is 2.21. The number of aliphatic hydroxyl groups is 1. The van der Waals surface area contributed by atoms with Crippen LogP contribution in [0.25, 0.3) is 0 Å². The summed E-state index contributed by atoms with van der Waals surface area (Å²) < 4.78 is 0. The first-order valence-corrected chi connectivity index (χ1v) is 7.24. The number of nitrogens with one attached hydrogen (secondary N) is 1. The third-order valence-electron chi connectivity index (χ3n) is 3.31. The topological polar surface area (TPSA) is 32.3 Å². The highest BCUT2D eigenvalue weighted by Gasteiger charge is 2.12. The van der Waals surface area contributed by atoms with Gasteiger partial charge in [-0.05, 0) is 25.0 Å². The van der Waals surface area contributed by atoms with Crippen molar-refractivity contribution in [1.29, 1.82) is 0 Å². The number of benzene rings is 2. The summed E-state index contributed by atoms with van der Waals surface area (Å²) in [6.07, 6.45) is 0.359. The predicted octanol–water partition coefficient (Wildman–Crippen LogP) is 3.59. The number of aliphatic hydroxyl groups excluding tert-OH is 1. The molecule has 2 unspecified atom stereocenters. The highest BCUT2D eigenvalue weighted by atomic mass is 35.5. The molecule has 2 rings (SSSR count). The molecule has 0 heterocycles. The van der Waals surface area contributed by atoms with Crippen LogP contribution in [-0.4, -0.2) is 17.7 Å². The zero-order chi connectivity index (χ0) is 14.4. The number of halogens is 1. The highest BCUT2D eigenvalue weighted by molar-refractivity contribution is 6.31. The fraction of sp³-hybridized carbons (Fsp3) is 0.294. The monoisotopic (exact) mass is 289 g/mol. The molecular formula is C17H20ClNO. The molecule has 0 amide bonds. The van der Waals surface area contributed by atoms with Crippen LogP contribution in [0.1, 0.15) is 24.2 Å². The van der Waals surface area contributed by atoms with Gasteiger partial charge in [-0.2, -0.15) is 0 Å². The van der Waals surface area contributed by atoms with Crippen LogP contribution in [0.3, 0.4) is 0 Å². The lowest BCUT2D eigenvalue weighted by atomic mass is 10.1. The second-order valence-corrected chi connectivity index (χ2v) is 5.44. The van der Waals surface area contributed by atoms with Gasteiger partial charge in [-0.25, -0.2) is 0 Å². The van der Waals surface area contributed by atoms with E-state index in [1.165, 1.54) is 5.56 Å². The molecule has 3 heteroatoms. The molecule has 0 aliphatic heterocycles. The van der Waals surface area contributed by atoms with Crippen molar-refractivity contribution in [3.63, 3.8) is 0 Å². The second-order valence-electron chi connectivity index (χ2n) is 5.04. The Labute approximate surface area is 125 Å². The number of hydrogen-bond acceptors (Lipinski definition) is 2. The van der Waals surface area contributed by atoms with Crippen molar-refractivity contribution in [2.24, 2.45) is 0 Å². The molecule has 2 N–H and O–H groups in total. The minimum atomic E-state index is -0.582. The molecule has 0 spiro atoms. The largest absolute Gasteiger partial charge is 0.387 e. The van der Waals surface area contributed by atoms with E-state index in [0.29, 0.717) is 17.6 Å². The van der Waals surface area contributed by atoms with Gasteiger partial charge in [0.25, 0.3) is 0 Å². The van der Waals surface area contributed by atoms with Crippen molar-refractivity contribution < 1.29 is 5.11 Å². The normalized spacial score (nSPS) is 13.9. The van der Waals surface area contributed by atoms with Crippen molar-refractivity contribution in [2.45, 2.75) is 25.5 Å². The van der Waals surface area contributed by atoms with Crippen LogP contribution in [0.4, 0.5) is 0 Å². The van der Waals surface area contributed by atoms with Gasteiger partial charge in [0.1, 0.15) is 0 Å². The second kappa shape index (κ2) is 7.44. The smallest absolute Gasteiger partial charge is 0.0928 e. The Morgan fingerprint density at radius 1 is 1.05 bits per heavy atom. The summed E-state index contributed by atoms with van der Waals surface area (Å²) >= 11 is 6.08. The molecule has 2 aromatic carbocycles. The molecule has 106 valence electrons. The Morgan fingerprint density at radius 3 is 2.40 bits per heavy atom. The van der Waals surface area contributed by atoms with Crippen molar-refractivity contribution in [2.75, 3.05) is 6.54 Å². The van der Waals surface area contributed by atoms with Gasteiger partial charge < -0.3 is 10.4 Å². The summed E-state index contributed by atoms with van der Waals surface area (Å²) in [5.41, 5.74) is 2.06. The van der Waals surface area contributed by atoms with Gasteiger partial charge in [-0.3, -0.25) is 0 Å². The summed E-state index contributed by atoms with van der Waals surface area (Å²) in [6, 6.07) is 18.0. The van der Waals surface area contributed by atoms with Crippen LogP contribution in [0.2, 0.25) is 5.02 Å². The van der Waals surface area contributed by atoms with E-state index >= 15 is 0 Å². The summed E-state index contributed by atoms with van der Waals surface area (Å²) in [6.45, 7) is 2.62. The first kappa shape index (κ1) is 15.0. The molecule has 0 radical (unpaired) electrons. The van der Waals surface area contributed by atoms with E-state index in [1.54, 1.807) is 6.07 Å². The highest BCUT2D eigenvalue weighted by Crippen LogP contribution is 2.22. The first-order chi connectivity index (χ1) is 9.66. The van der Waals surface area contributed by atoms with E-state index in [4.69, 9.17) is 11.6 Å². The van der Waals surface area contributed by atoms with E-state index in [-0.39, 0.29) is 0 Å². The Morgan fingerprint density at radius 2 is 1.70 bits per heavy atom. The Bertz CT molecular complexity index is 530. The van der Waals surface area contributed by atoms with Crippen molar-refractivity contribution in [1.82, 2.24) is 5.32 Å². The molecule has 0 bridgehead atoms. The molecule has 0 aliphatic rings. The van der Waals surface area contributed by atoms with Gasteiger partial charge in [0.05, 0.1) is 6.10 Å². The molecule has 0 aliphatic carbocycles. The predicted molar refractivity (Wildman–Crippen MR) is 84.0 cm³/mol. The summed E-state index contributed by atoms with van der Waals surface area (Å²) in [7, 11) is 0. The molecular weight excluding hydrogens is 270 g/mol.